The fraction of sp³-hybridized carbons (Fsp3) is 0.391. The second kappa shape index (κ2) is 8.66. The Labute approximate surface area is 169 Å². The van der Waals surface area contributed by atoms with Crippen LogP contribution in [-0.2, 0) is 14.3 Å². The largest absolute Gasteiger partial charge is 0.480 e. The van der Waals surface area contributed by atoms with Crippen LogP contribution in [0, 0.1) is 0 Å². The maximum atomic E-state index is 12.3. The van der Waals surface area contributed by atoms with Gasteiger partial charge in [0, 0.05) is 18.9 Å². The highest BCUT2D eigenvalue weighted by Gasteiger charge is 2.30. The van der Waals surface area contributed by atoms with E-state index in [-0.39, 0.29) is 25.0 Å². The Bertz CT molecular complexity index is 847. The number of ether oxygens (including phenoxy) is 2. The third kappa shape index (κ3) is 4.27. The zero-order valence-electron chi connectivity index (χ0n) is 16.2. The van der Waals surface area contributed by atoms with Crippen LogP contribution < -0.4 is 5.32 Å². The number of alkyl carbamates (subject to hydrolysis) is 1. The average molecular weight is 395 g/mol. The monoisotopic (exact) mass is 395 g/mol. The van der Waals surface area contributed by atoms with Crippen LogP contribution in [0.15, 0.2) is 48.5 Å². The van der Waals surface area contributed by atoms with Crippen molar-refractivity contribution in [3.05, 3.63) is 59.7 Å². The lowest BCUT2D eigenvalue weighted by Crippen LogP contribution is -2.42. The van der Waals surface area contributed by atoms with Crippen molar-refractivity contribution in [2.45, 2.75) is 43.7 Å². The molecule has 6 heteroatoms. The Balaban J connectivity index is 1.34. The number of carboxylic acids is 1. The predicted molar refractivity (Wildman–Crippen MR) is 108 cm³/mol. The molecule has 0 saturated heterocycles. The van der Waals surface area contributed by atoms with E-state index in [1.165, 1.54) is 0 Å². The zero-order chi connectivity index (χ0) is 20.2. The molecule has 0 aromatic heterocycles. The van der Waals surface area contributed by atoms with Crippen molar-refractivity contribution in [3.8, 4) is 11.1 Å². The minimum Gasteiger partial charge on any atom is -0.480 e. The molecule has 1 atom stereocenters. The minimum atomic E-state index is -1.09. The van der Waals surface area contributed by atoms with Gasteiger partial charge in [-0.25, -0.2) is 9.59 Å². The second-order valence-electron chi connectivity index (χ2n) is 7.57. The van der Waals surface area contributed by atoms with E-state index in [9.17, 15) is 14.7 Å². The first kappa shape index (κ1) is 19.5. The standard InChI is InChI=1S/C23H25NO5/c25-22(26)21(12-13-28-15-6-5-7-15)24-23(27)29-14-20-18-10-3-1-8-16(18)17-9-2-4-11-19(17)20/h1-4,8-11,15,20-21H,5-7,12-14H2,(H,24,27)(H,25,26). The quantitative estimate of drug-likeness (QED) is 0.707. The molecular formula is C23H25NO5. The van der Waals surface area contributed by atoms with Gasteiger partial charge in [0.2, 0.25) is 0 Å². The fourth-order valence-corrected chi connectivity index (χ4v) is 3.93. The number of fused-ring (bicyclic) bond motifs is 3. The number of nitrogens with one attached hydrogen (secondary N) is 1. The average Bonchev–Trinajstić information content (AvgIpc) is 3.01. The zero-order valence-corrected chi connectivity index (χ0v) is 16.2. The van der Waals surface area contributed by atoms with Gasteiger partial charge in [-0.3, -0.25) is 0 Å². The lowest BCUT2D eigenvalue weighted by atomic mass is 9.96. The summed E-state index contributed by atoms with van der Waals surface area (Å²) in [7, 11) is 0. The van der Waals surface area contributed by atoms with E-state index in [1.807, 2.05) is 36.4 Å². The molecular weight excluding hydrogens is 370 g/mol. The first-order valence-corrected chi connectivity index (χ1v) is 10.1. The third-order valence-electron chi connectivity index (χ3n) is 5.75. The molecule has 1 saturated carbocycles. The summed E-state index contributed by atoms with van der Waals surface area (Å²) >= 11 is 0. The van der Waals surface area contributed by atoms with Crippen molar-refractivity contribution in [2.75, 3.05) is 13.2 Å². The van der Waals surface area contributed by atoms with Crippen LogP contribution in [-0.4, -0.2) is 42.5 Å². The molecule has 0 bridgehead atoms. The molecule has 2 aromatic carbocycles. The molecule has 0 spiro atoms. The minimum absolute atomic E-state index is 0.0571. The van der Waals surface area contributed by atoms with E-state index < -0.39 is 18.1 Å². The molecule has 1 amide bonds. The normalized spacial score (nSPS) is 16.4. The molecule has 6 nitrogen and oxygen atoms in total. The van der Waals surface area contributed by atoms with Gasteiger partial charge >= 0.3 is 12.1 Å². The van der Waals surface area contributed by atoms with Crippen molar-refractivity contribution in [3.63, 3.8) is 0 Å². The van der Waals surface area contributed by atoms with Gasteiger partial charge in [-0.15, -0.1) is 0 Å². The van der Waals surface area contributed by atoms with Crippen LogP contribution in [0.1, 0.15) is 42.7 Å². The topological polar surface area (TPSA) is 84.9 Å². The lowest BCUT2D eigenvalue weighted by molar-refractivity contribution is -0.140. The van der Waals surface area contributed by atoms with E-state index >= 15 is 0 Å². The fourth-order valence-electron chi connectivity index (χ4n) is 3.93. The number of carbonyl (C=O) groups excluding carboxylic acids is 1. The van der Waals surface area contributed by atoms with Crippen LogP contribution >= 0.6 is 0 Å². The first-order valence-electron chi connectivity index (χ1n) is 10.1. The van der Waals surface area contributed by atoms with Crippen molar-refractivity contribution < 1.29 is 24.2 Å². The summed E-state index contributed by atoms with van der Waals surface area (Å²) in [6.07, 6.45) is 2.94. The Morgan fingerprint density at radius 2 is 1.66 bits per heavy atom. The molecule has 0 radical (unpaired) electrons. The Morgan fingerprint density at radius 1 is 1.03 bits per heavy atom. The van der Waals surface area contributed by atoms with Crippen LogP contribution in [0.5, 0.6) is 0 Å². The van der Waals surface area contributed by atoms with E-state index in [0.717, 1.165) is 41.5 Å². The van der Waals surface area contributed by atoms with Gasteiger partial charge in [0.05, 0.1) is 6.10 Å². The van der Waals surface area contributed by atoms with E-state index in [2.05, 4.69) is 17.4 Å². The number of carbonyl (C=O) groups is 2. The number of amides is 1. The van der Waals surface area contributed by atoms with Crippen LogP contribution in [0.2, 0.25) is 0 Å². The Morgan fingerprint density at radius 3 is 2.21 bits per heavy atom. The lowest BCUT2D eigenvalue weighted by Gasteiger charge is -2.26. The molecule has 29 heavy (non-hydrogen) atoms. The number of hydrogen-bond donors (Lipinski definition) is 2. The molecule has 0 heterocycles. The highest BCUT2D eigenvalue weighted by molar-refractivity contribution is 5.81. The SMILES string of the molecule is O=C(NC(CCOC1CCC1)C(=O)O)OCC1c2ccccc2-c2ccccc21. The summed E-state index contributed by atoms with van der Waals surface area (Å²) in [6.45, 7) is 0.468. The van der Waals surface area contributed by atoms with Gasteiger partial charge in [-0.05, 0) is 41.5 Å². The smallest absolute Gasteiger partial charge is 0.407 e. The van der Waals surface area contributed by atoms with Crippen LogP contribution in [0.4, 0.5) is 4.79 Å². The third-order valence-corrected chi connectivity index (χ3v) is 5.75. The molecule has 2 aromatic rings. The van der Waals surface area contributed by atoms with Crippen molar-refractivity contribution in [1.82, 2.24) is 5.32 Å². The summed E-state index contributed by atoms with van der Waals surface area (Å²) < 4.78 is 11.0. The van der Waals surface area contributed by atoms with Gasteiger partial charge in [-0.1, -0.05) is 48.5 Å². The first-order chi connectivity index (χ1) is 14.1. The summed E-state index contributed by atoms with van der Waals surface area (Å²) in [5.41, 5.74) is 4.53. The predicted octanol–water partition coefficient (Wildman–Crippen LogP) is 3.94. The van der Waals surface area contributed by atoms with Gasteiger partial charge in [0.15, 0.2) is 0 Å². The summed E-state index contributed by atoms with van der Waals surface area (Å²) in [6, 6.07) is 15.1. The number of rotatable bonds is 8. The summed E-state index contributed by atoms with van der Waals surface area (Å²) in [4.78, 5) is 23.7. The number of hydrogen-bond acceptors (Lipinski definition) is 4. The van der Waals surface area contributed by atoms with E-state index in [1.54, 1.807) is 0 Å². The number of carboxylic acid groups (broad SMARTS) is 1. The molecule has 1 unspecified atom stereocenters. The Hall–Kier alpha value is -2.86. The molecule has 2 aliphatic rings. The highest BCUT2D eigenvalue weighted by atomic mass is 16.5. The van der Waals surface area contributed by atoms with E-state index in [4.69, 9.17) is 9.47 Å². The number of benzene rings is 2. The van der Waals surface area contributed by atoms with Gasteiger partial charge in [0.25, 0.3) is 0 Å². The molecule has 4 rings (SSSR count). The number of aliphatic carboxylic acids is 1. The van der Waals surface area contributed by atoms with Crippen molar-refractivity contribution >= 4 is 12.1 Å². The molecule has 152 valence electrons. The molecule has 2 N–H and O–H groups in total. The van der Waals surface area contributed by atoms with Gasteiger partial charge in [0.1, 0.15) is 12.6 Å². The van der Waals surface area contributed by atoms with Gasteiger partial charge in [-0.2, -0.15) is 0 Å². The Kier molecular flexibility index (Phi) is 5.81. The van der Waals surface area contributed by atoms with Crippen molar-refractivity contribution in [1.29, 1.82) is 0 Å². The summed E-state index contributed by atoms with van der Waals surface area (Å²) in [5, 5.41) is 11.8. The van der Waals surface area contributed by atoms with Crippen molar-refractivity contribution in [2.24, 2.45) is 0 Å². The van der Waals surface area contributed by atoms with Crippen LogP contribution in [0.3, 0.4) is 0 Å². The van der Waals surface area contributed by atoms with Gasteiger partial charge < -0.3 is 19.9 Å². The maximum absolute atomic E-state index is 12.3. The molecule has 1 fully saturated rings. The van der Waals surface area contributed by atoms with E-state index in [0.29, 0.717) is 6.61 Å². The second-order valence-corrected chi connectivity index (χ2v) is 7.57. The van der Waals surface area contributed by atoms with Crippen LogP contribution in [0.25, 0.3) is 11.1 Å². The molecule has 0 aliphatic heterocycles. The summed E-state index contributed by atoms with van der Waals surface area (Å²) in [5.74, 6) is -1.14. The molecule has 2 aliphatic carbocycles. The highest BCUT2D eigenvalue weighted by Crippen LogP contribution is 2.44. The maximum Gasteiger partial charge on any atom is 0.407 e.